The van der Waals surface area contributed by atoms with Crippen LogP contribution in [0.25, 0.3) is 0 Å². The molecule has 1 aromatic rings. The predicted octanol–water partition coefficient (Wildman–Crippen LogP) is 2.74. The largest absolute Gasteiger partial charge is 0.352 e. The summed E-state index contributed by atoms with van der Waals surface area (Å²) >= 11 is 5.71. The van der Waals surface area contributed by atoms with Crippen molar-refractivity contribution in [2.75, 3.05) is 6.54 Å². The number of nitrogens with zero attached hydrogens (tertiary/aromatic N) is 1. The van der Waals surface area contributed by atoms with E-state index in [9.17, 15) is 14.0 Å². The monoisotopic (exact) mass is 326 g/mol. The van der Waals surface area contributed by atoms with E-state index < -0.39 is 5.82 Å². The number of carbonyl (C=O) groups excluding carboxylic acids is 2. The second-order valence-corrected chi connectivity index (χ2v) is 6.08. The van der Waals surface area contributed by atoms with Crippen molar-refractivity contribution >= 4 is 23.4 Å². The summed E-state index contributed by atoms with van der Waals surface area (Å²) in [6, 6.07) is 4.49. The van der Waals surface area contributed by atoms with Crippen molar-refractivity contribution in [3.05, 3.63) is 34.6 Å². The summed E-state index contributed by atoms with van der Waals surface area (Å²) < 4.78 is 13.1. The molecule has 6 heteroatoms. The van der Waals surface area contributed by atoms with Crippen LogP contribution in [0, 0.1) is 11.7 Å². The smallest absolute Gasteiger partial charge is 0.225 e. The zero-order valence-corrected chi connectivity index (χ0v) is 13.5. The highest BCUT2D eigenvalue weighted by Crippen LogP contribution is 2.22. The van der Waals surface area contributed by atoms with E-state index in [-0.39, 0.29) is 41.8 Å². The molecule has 0 spiro atoms. The second-order valence-electron chi connectivity index (χ2n) is 5.67. The average molecular weight is 327 g/mol. The molecule has 22 heavy (non-hydrogen) atoms. The molecule has 0 saturated carbocycles. The van der Waals surface area contributed by atoms with Crippen LogP contribution in [0.4, 0.5) is 4.39 Å². The van der Waals surface area contributed by atoms with Crippen molar-refractivity contribution in [3.8, 4) is 0 Å². The fourth-order valence-electron chi connectivity index (χ4n) is 2.54. The molecule has 2 rings (SSSR count). The first-order valence-electron chi connectivity index (χ1n) is 7.43. The SMILES string of the molecule is CCC(C)N1CC(C(=O)NCc2ccc(F)c(Cl)c2)CC1=O. The van der Waals surface area contributed by atoms with Crippen LogP contribution in [0.5, 0.6) is 0 Å². The lowest BCUT2D eigenvalue weighted by Gasteiger charge is -2.23. The van der Waals surface area contributed by atoms with Crippen LogP contribution in [0.15, 0.2) is 18.2 Å². The predicted molar refractivity (Wildman–Crippen MR) is 82.8 cm³/mol. The summed E-state index contributed by atoms with van der Waals surface area (Å²) in [4.78, 5) is 25.9. The Morgan fingerprint density at radius 3 is 2.91 bits per heavy atom. The molecule has 0 aromatic heterocycles. The van der Waals surface area contributed by atoms with Gasteiger partial charge in [0.1, 0.15) is 5.82 Å². The molecule has 1 aromatic carbocycles. The minimum atomic E-state index is -0.484. The average Bonchev–Trinajstić information content (AvgIpc) is 2.89. The van der Waals surface area contributed by atoms with Crippen LogP contribution in [-0.4, -0.2) is 29.3 Å². The van der Waals surface area contributed by atoms with Crippen molar-refractivity contribution in [1.29, 1.82) is 0 Å². The lowest BCUT2D eigenvalue weighted by molar-refractivity contribution is -0.130. The zero-order valence-electron chi connectivity index (χ0n) is 12.7. The van der Waals surface area contributed by atoms with Crippen molar-refractivity contribution in [2.24, 2.45) is 5.92 Å². The minimum absolute atomic E-state index is 0.0272. The first-order valence-corrected chi connectivity index (χ1v) is 7.81. The number of nitrogens with one attached hydrogen (secondary N) is 1. The van der Waals surface area contributed by atoms with E-state index in [4.69, 9.17) is 11.6 Å². The molecule has 1 saturated heterocycles. The van der Waals surface area contributed by atoms with Gasteiger partial charge in [-0.05, 0) is 31.0 Å². The molecule has 120 valence electrons. The topological polar surface area (TPSA) is 49.4 Å². The van der Waals surface area contributed by atoms with Gasteiger partial charge in [0.15, 0.2) is 0 Å². The van der Waals surface area contributed by atoms with Gasteiger partial charge in [0.05, 0.1) is 10.9 Å². The highest BCUT2D eigenvalue weighted by atomic mass is 35.5. The van der Waals surface area contributed by atoms with Gasteiger partial charge in [-0.3, -0.25) is 9.59 Å². The third-order valence-corrected chi connectivity index (χ3v) is 4.39. The summed E-state index contributed by atoms with van der Waals surface area (Å²) in [7, 11) is 0. The quantitative estimate of drug-likeness (QED) is 0.904. The van der Waals surface area contributed by atoms with E-state index in [2.05, 4.69) is 5.32 Å². The van der Waals surface area contributed by atoms with Crippen LogP contribution >= 0.6 is 11.6 Å². The molecular weight excluding hydrogens is 307 g/mol. The second kappa shape index (κ2) is 7.09. The molecule has 1 aliphatic heterocycles. The van der Waals surface area contributed by atoms with Gasteiger partial charge in [0, 0.05) is 25.6 Å². The number of halogens is 2. The zero-order chi connectivity index (χ0) is 16.3. The number of likely N-dealkylation sites (tertiary alicyclic amines) is 1. The number of hydrogen-bond donors (Lipinski definition) is 1. The molecule has 1 N–H and O–H groups in total. The number of amides is 2. The third-order valence-electron chi connectivity index (χ3n) is 4.10. The minimum Gasteiger partial charge on any atom is -0.352 e. The molecule has 2 atom stereocenters. The van der Waals surface area contributed by atoms with Gasteiger partial charge >= 0.3 is 0 Å². The van der Waals surface area contributed by atoms with Crippen LogP contribution in [0.3, 0.4) is 0 Å². The maximum Gasteiger partial charge on any atom is 0.225 e. The molecule has 0 bridgehead atoms. The van der Waals surface area contributed by atoms with Gasteiger partial charge in [-0.2, -0.15) is 0 Å². The van der Waals surface area contributed by atoms with E-state index in [1.54, 1.807) is 11.0 Å². The first-order chi connectivity index (χ1) is 10.4. The van der Waals surface area contributed by atoms with Crippen LogP contribution in [0.1, 0.15) is 32.3 Å². The lowest BCUT2D eigenvalue weighted by atomic mass is 10.1. The Hall–Kier alpha value is -1.62. The summed E-state index contributed by atoms with van der Waals surface area (Å²) in [5, 5.41) is 2.82. The van der Waals surface area contributed by atoms with Gasteiger partial charge < -0.3 is 10.2 Å². The summed E-state index contributed by atoms with van der Waals surface area (Å²) in [5.41, 5.74) is 0.725. The van der Waals surface area contributed by atoms with Crippen molar-refractivity contribution in [3.63, 3.8) is 0 Å². The third kappa shape index (κ3) is 3.77. The standard InChI is InChI=1S/C16H20ClFN2O2/c1-3-10(2)20-9-12(7-15(20)21)16(22)19-8-11-4-5-14(18)13(17)6-11/h4-6,10,12H,3,7-9H2,1-2H3,(H,19,22). The molecule has 2 amide bonds. The van der Waals surface area contributed by atoms with Crippen molar-refractivity contribution in [1.82, 2.24) is 10.2 Å². The molecule has 0 radical (unpaired) electrons. The molecule has 2 unspecified atom stereocenters. The Labute approximate surface area is 134 Å². The van der Waals surface area contributed by atoms with Crippen LogP contribution in [-0.2, 0) is 16.1 Å². The Kier molecular flexibility index (Phi) is 5.40. The van der Waals surface area contributed by atoms with Gasteiger partial charge in [-0.25, -0.2) is 4.39 Å². The number of rotatable bonds is 5. The Bertz CT molecular complexity index is 579. The number of carbonyl (C=O) groups is 2. The number of hydrogen-bond acceptors (Lipinski definition) is 2. The first kappa shape index (κ1) is 16.7. The molecular formula is C16H20ClFN2O2. The molecule has 1 fully saturated rings. The maximum atomic E-state index is 13.1. The van der Waals surface area contributed by atoms with Crippen LogP contribution in [0.2, 0.25) is 5.02 Å². The summed E-state index contributed by atoms with van der Waals surface area (Å²) in [6.45, 7) is 4.74. The van der Waals surface area contributed by atoms with E-state index in [1.807, 2.05) is 13.8 Å². The Morgan fingerprint density at radius 2 is 2.27 bits per heavy atom. The fourth-order valence-corrected chi connectivity index (χ4v) is 2.74. The maximum absolute atomic E-state index is 13.1. The highest BCUT2D eigenvalue weighted by molar-refractivity contribution is 6.30. The van der Waals surface area contributed by atoms with Crippen molar-refractivity contribution < 1.29 is 14.0 Å². The molecule has 1 aliphatic rings. The fraction of sp³-hybridized carbons (Fsp3) is 0.500. The molecule has 1 heterocycles. The van der Waals surface area contributed by atoms with Crippen LogP contribution < -0.4 is 5.32 Å². The summed E-state index contributed by atoms with van der Waals surface area (Å²) in [5.74, 6) is -0.932. The van der Waals surface area contributed by atoms with Gasteiger partial charge in [-0.1, -0.05) is 24.6 Å². The van der Waals surface area contributed by atoms with E-state index in [0.717, 1.165) is 12.0 Å². The van der Waals surface area contributed by atoms with E-state index in [0.29, 0.717) is 6.54 Å². The van der Waals surface area contributed by atoms with Crippen molar-refractivity contribution in [2.45, 2.75) is 39.3 Å². The molecule has 4 nitrogen and oxygen atoms in total. The van der Waals surface area contributed by atoms with E-state index in [1.165, 1.54) is 12.1 Å². The Balaban J connectivity index is 1.90. The van der Waals surface area contributed by atoms with E-state index >= 15 is 0 Å². The Morgan fingerprint density at radius 1 is 1.55 bits per heavy atom. The normalized spacial score (nSPS) is 19.4. The summed E-state index contributed by atoms with van der Waals surface area (Å²) in [6.07, 6.45) is 1.12. The van der Waals surface area contributed by atoms with Gasteiger partial charge in [-0.15, -0.1) is 0 Å². The highest BCUT2D eigenvalue weighted by Gasteiger charge is 2.35. The van der Waals surface area contributed by atoms with Gasteiger partial charge in [0.25, 0.3) is 0 Å². The van der Waals surface area contributed by atoms with Gasteiger partial charge in [0.2, 0.25) is 11.8 Å². The molecule has 0 aliphatic carbocycles. The number of benzene rings is 1. The lowest BCUT2D eigenvalue weighted by Crippen LogP contribution is -2.36.